The molecular formula is C12H16N2O3S. The highest BCUT2D eigenvalue weighted by molar-refractivity contribution is 7.86. The fourth-order valence-electron chi connectivity index (χ4n) is 1.91. The third-order valence-electron chi connectivity index (χ3n) is 3.39. The van der Waals surface area contributed by atoms with Crippen LogP contribution in [-0.4, -0.2) is 33.1 Å². The van der Waals surface area contributed by atoms with Crippen molar-refractivity contribution >= 4 is 10.1 Å². The molecule has 1 aliphatic heterocycles. The average molecular weight is 268 g/mol. The molecule has 98 valence electrons. The van der Waals surface area contributed by atoms with Gasteiger partial charge in [-0.2, -0.15) is 8.42 Å². The first-order valence-corrected chi connectivity index (χ1v) is 7.62. The van der Waals surface area contributed by atoms with Crippen LogP contribution in [0.2, 0.25) is 0 Å². The summed E-state index contributed by atoms with van der Waals surface area (Å²) in [5.41, 5.74) is 1.12. The summed E-state index contributed by atoms with van der Waals surface area (Å²) in [6, 6.07) is 3.38. The molecule has 1 aromatic heterocycles. The third-order valence-corrected chi connectivity index (χ3v) is 4.59. The predicted octanol–water partition coefficient (Wildman–Crippen LogP) is 0.884. The standard InChI is InChI=1S/C12H16N2O3S/c15-18(16,17-8-9-5-13-6-9)12-4-3-11(7-14-12)10-1-2-10/h3-4,7,9-10,13H,1-2,5-6,8H2. The zero-order valence-electron chi connectivity index (χ0n) is 10.0. The lowest BCUT2D eigenvalue weighted by molar-refractivity contribution is 0.203. The number of rotatable bonds is 5. The van der Waals surface area contributed by atoms with Crippen molar-refractivity contribution in [1.29, 1.82) is 0 Å². The fourth-order valence-corrected chi connectivity index (χ4v) is 2.82. The van der Waals surface area contributed by atoms with Crippen LogP contribution in [0.25, 0.3) is 0 Å². The number of hydrogen-bond acceptors (Lipinski definition) is 5. The molecule has 3 rings (SSSR count). The number of aromatic nitrogens is 1. The Morgan fingerprint density at radius 2 is 2.11 bits per heavy atom. The average Bonchev–Trinajstić information content (AvgIpc) is 3.11. The Kier molecular flexibility index (Phi) is 3.09. The van der Waals surface area contributed by atoms with Crippen molar-refractivity contribution in [2.45, 2.75) is 23.8 Å². The Bertz CT molecular complexity index is 519. The maximum absolute atomic E-state index is 11.9. The molecule has 1 saturated heterocycles. The molecule has 0 atom stereocenters. The third kappa shape index (κ3) is 2.55. The van der Waals surface area contributed by atoms with Gasteiger partial charge in [0.1, 0.15) is 0 Å². The predicted molar refractivity (Wildman–Crippen MR) is 65.7 cm³/mol. The van der Waals surface area contributed by atoms with Gasteiger partial charge in [-0.25, -0.2) is 4.98 Å². The molecule has 18 heavy (non-hydrogen) atoms. The maximum atomic E-state index is 11.9. The van der Waals surface area contributed by atoms with E-state index in [1.54, 1.807) is 12.3 Å². The van der Waals surface area contributed by atoms with Gasteiger partial charge in [0.2, 0.25) is 0 Å². The second-order valence-electron chi connectivity index (χ2n) is 4.97. The van der Waals surface area contributed by atoms with Crippen molar-refractivity contribution in [2.24, 2.45) is 5.92 Å². The molecule has 0 spiro atoms. The summed E-state index contributed by atoms with van der Waals surface area (Å²) in [4.78, 5) is 4.00. The Morgan fingerprint density at radius 1 is 1.33 bits per heavy atom. The smallest absolute Gasteiger partial charge is 0.314 e. The highest BCUT2D eigenvalue weighted by Crippen LogP contribution is 2.39. The van der Waals surface area contributed by atoms with E-state index in [9.17, 15) is 8.42 Å². The minimum Gasteiger partial charge on any atom is -0.316 e. The molecular weight excluding hydrogens is 252 g/mol. The van der Waals surface area contributed by atoms with Gasteiger partial charge in [-0.05, 0) is 30.4 Å². The lowest BCUT2D eigenvalue weighted by Crippen LogP contribution is -2.44. The Labute approximate surface area is 107 Å². The van der Waals surface area contributed by atoms with E-state index in [1.165, 1.54) is 12.8 Å². The number of hydrogen-bond donors (Lipinski definition) is 1. The zero-order valence-corrected chi connectivity index (χ0v) is 10.8. The van der Waals surface area contributed by atoms with Crippen LogP contribution in [0.15, 0.2) is 23.4 Å². The van der Waals surface area contributed by atoms with Gasteiger partial charge in [0, 0.05) is 25.2 Å². The van der Waals surface area contributed by atoms with Crippen molar-refractivity contribution in [1.82, 2.24) is 10.3 Å². The Hall–Kier alpha value is -0.980. The second-order valence-corrected chi connectivity index (χ2v) is 6.53. The maximum Gasteiger partial charge on any atom is 0.314 e. The second kappa shape index (κ2) is 4.60. The molecule has 1 saturated carbocycles. The summed E-state index contributed by atoms with van der Waals surface area (Å²) >= 11 is 0. The molecule has 2 aliphatic rings. The molecule has 2 fully saturated rings. The zero-order chi connectivity index (χ0) is 12.6. The summed E-state index contributed by atoms with van der Waals surface area (Å²) in [5, 5.41) is 3.09. The number of nitrogens with zero attached hydrogens (tertiary/aromatic N) is 1. The van der Waals surface area contributed by atoms with Gasteiger partial charge >= 0.3 is 10.1 Å². The van der Waals surface area contributed by atoms with Gasteiger partial charge in [0.05, 0.1) is 6.61 Å². The van der Waals surface area contributed by atoms with E-state index in [-0.39, 0.29) is 11.6 Å². The van der Waals surface area contributed by atoms with Crippen LogP contribution in [0.3, 0.4) is 0 Å². The summed E-state index contributed by atoms with van der Waals surface area (Å²) in [6.07, 6.45) is 4.01. The Balaban J connectivity index is 1.67. The van der Waals surface area contributed by atoms with E-state index >= 15 is 0 Å². The van der Waals surface area contributed by atoms with Gasteiger partial charge in [0.25, 0.3) is 0 Å². The van der Waals surface area contributed by atoms with Crippen LogP contribution < -0.4 is 5.32 Å². The first kappa shape index (κ1) is 12.1. The van der Waals surface area contributed by atoms with Crippen LogP contribution in [0.1, 0.15) is 24.3 Å². The molecule has 2 heterocycles. The van der Waals surface area contributed by atoms with E-state index in [1.807, 2.05) is 6.07 Å². The van der Waals surface area contributed by atoms with E-state index < -0.39 is 10.1 Å². The molecule has 0 unspecified atom stereocenters. The van der Waals surface area contributed by atoms with E-state index in [2.05, 4.69) is 10.3 Å². The minimum absolute atomic E-state index is 0.0131. The molecule has 0 bridgehead atoms. The highest BCUT2D eigenvalue weighted by atomic mass is 32.2. The lowest BCUT2D eigenvalue weighted by atomic mass is 10.1. The minimum atomic E-state index is -3.69. The van der Waals surface area contributed by atoms with Crippen molar-refractivity contribution in [3.05, 3.63) is 23.9 Å². The molecule has 1 N–H and O–H groups in total. The monoisotopic (exact) mass is 268 g/mol. The SMILES string of the molecule is O=S(=O)(OCC1CNC1)c1ccc(C2CC2)cn1. The molecule has 0 amide bonds. The summed E-state index contributed by atoms with van der Waals surface area (Å²) in [6.45, 7) is 1.88. The molecule has 6 heteroatoms. The summed E-state index contributed by atoms with van der Waals surface area (Å²) < 4.78 is 28.7. The van der Waals surface area contributed by atoms with Gasteiger partial charge in [-0.15, -0.1) is 0 Å². The quantitative estimate of drug-likeness (QED) is 0.803. The Morgan fingerprint density at radius 3 is 2.61 bits per heavy atom. The summed E-state index contributed by atoms with van der Waals surface area (Å²) in [5.74, 6) is 0.877. The molecule has 5 nitrogen and oxygen atoms in total. The normalized spacial score (nSPS) is 20.7. The van der Waals surface area contributed by atoms with Crippen LogP contribution in [0.4, 0.5) is 0 Å². The largest absolute Gasteiger partial charge is 0.316 e. The van der Waals surface area contributed by atoms with E-state index in [4.69, 9.17) is 4.18 Å². The molecule has 1 aromatic rings. The van der Waals surface area contributed by atoms with Crippen LogP contribution in [0, 0.1) is 5.92 Å². The molecule has 1 aliphatic carbocycles. The topological polar surface area (TPSA) is 68.3 Å². The van der Waals surface area contributed by atoms with E-state index in [0.717, 1.165) is 18.7 Å². The first-order valence-electron chi connectivity index (χ1n) is 6.21. The first-order chi connectivity index (χ1) is 8.65. The van der Waals surface area contributed by atoms with Gasteiger partial charge in [0.15, 0.2) is 5.03 Å². The van der Waals surface area contributed by atoms with Gasteiger partial charge in [-0.3, -0.25) is 4.18 Å². The summed E-state index contributed by atoms with van der Waals surface area (Å²) in [7, 11) is -3.69. The van der Waals surface area contributed by atoms with Crippen LogP contribution in [-0.2, 0) is 14.3 Å². The molecule has 0 aromatic carbocycles. The van der Waals surface area contributed by atoms with Crippen LogP contribution >= 0.6 is 0 Å². The highest BCUT2D eigenvalue weighted by Gasteiger charge is 2.26. The lowest BCUT2D eigenvalue weighted by Gasteiger charge is -2.26. The molecule has 0 radical (unpaired) electrons. The van der Waals surface area contributed by atoms with Crippen molar-refractivity contribution in [3.63, 3.8) is 0 Å². The fraction of sp³-hybridized carbons (Fsp3) is 0.583. The number of nitrogens with one attached hydrogen (secondary N) is 1. The van der Waals surface area contributed by atoms with E-state index in [0.29, 0.717) is 11.8 Å². The van der Waals surface area contributed by atoms with Gasteiger partial charge < -0.3 is 5.32 Å². The number of pyridine rings is 1. The van der Waals surface area contributed by atoms with Crippen molar-refractivity contribution in [2.75, 3.05) is 19.7 Å². The van der Waals surface area contributed by atoms with Crippen molar-refractivity contribution < 1.29 is 12.6 Å². The van der Waals surface area contributed by atoms with Gasteiger partial charge in [-0.1, -0.05) is 6.07 Å². The van der Waals surface area contributed by atoms with Crippen molar-refractivity contribution in [3.8, 4) is 0 Å². The van der Waals surface area contributed by atoms with Crippen LogP contribution in [0.5, 0.6) is 0 Å².